The predicted molar refractivity (Wildman–Crippen MR) is 74.9 cm³/mol. The highest BCUT2D eigenvalue weighted by Crippen LogP contribution is 2.25. The Morgan fingerprint density at radius 2 is 2.45 bits per heavy atom. The van der Waals surface area contributed by atoms with Crippen molar-refractivity contribution in [2.45, 2.75) is 13.0 Å². The molecule has 0 saturated carbocycles. The van der Waals surface area contributed by atoms with Crippen LogP contribution in [0.4, 0.5) is 11.8 Å². The van der Waals surface area contributed by atoms with Gasteiger partial charge in [0.2, 0.25) is 5.95 Å². The van der Waals surface area contributed by atoms with Gasteiger partial charge in [0.1, 0.15) is 5.52 Å². The van der Waals surface area contributed by atoms with Crippen molar-refractivity contribution in [3.63, 3.8) is 0 Å². The molecular formula is C12H18N6O2. The maximum Gasteiger partial charge on any atom is 0.226 e. The molecule has 0 bridgehead atoms. The Kier molecular flexibility index (Phi) is 3.66. The number of morpholine rings is 1. The minimum Gasteiger partial charge on any atom is -0.394 e. The van der Waals surface area contributed by atoms with Crippen LogP contribution in [0, 0.1) is 0 Å². The van der Waals surface area contributed by atoms with Gasteiger partial charge in [-0.05, 0) is 6.92 Å². The number of anilines is 2. The van der Waals surface area contributed by atoms with Crippen molar-refractivity contribution in [2.75, 3.05) is 43.1 Å². The predicted octanol–water partition coefficient (Wildman–Crippen LogP) is -0.0178. The van der Waals surface area contributed by atoms with Gasteiger partial charge in [-0.15, -0.1) is 0 Å². The number of ether oxygens (including phenoxy) is 1. The van der Waals surface area contributed by atoms with E-state index in [2.05, 4.69) is 25.3 Å². The highest BCUT2D eigenvalue weighted by Gasteiger charge is 2.26. The Labute approximate surface area is 116 Å². The third kappa shape index (κ3) is 2.27. The molecule has 0 radical (unpaired) electrons. The smallest absolute Gasteiger partial charge is 0.226 e. The Balaban J connectivity index is 2.05. The summed E-state index contributed by atoms with van der Waals surface area (Å²) in [6.07, 6.45) is 1.60. The summed E-state index contributed by atoms with van der Waals surface area (Å²) in [5, 5.41) is 12.6. The van der Waals surface area contributed by atoms with Crippen LogP contribution in [0.3, 0.4) is 0 Å². The highest BCUT2D eigenvalue weighted by atomic mass is 16.5. The third-order valence-corrected chi connectivity index (χ3v) is 3.31. The maximum absolute atomic E-state index is 9.51. The first-order valence-electron chi connectivity index (χ1n) is 6.73. The number of H-pyrrole nitrogens is 1. The monoisotopic (exact) mass is 278 g/mol. The van der Waals surface area contributed by atoms with Crippen LogP contribution in [0.1, 0.15) is 6.92 Å². The number of nitrogens with one attached hydrogen (secondary N) is 2. The molecule has 1 fully saturated rings. The Morgan fingerprint density at radius 3 is 3.25 bits per heavy atom. The highest BCUT2D eigenvalue weighted by molar-refractivity contribution is 5.84. The SMILES string of the molecule is CCNc1nc(N2CCOCC2CO)c2[nH]cnc2n1. The van der Waals surface area contributed by atoms with Crippen LogP contribution in [0.5, 0.6) is 0 Å². The van der Waals surface area contributed by atoms with Crippen molar-refractivity contribution in [1.29, 1.82) is 0 Å². The second kappa shape index (κ2) is 5.59. The molecule has 1 unspecified atom stereocenters. The van der Waals surface area contributed by atoms with Crippen LogP contribution in [0.25, 0.3) is 11.2 Å². The molecule has 3 heterocycles. The lowest BCUT2D eigenvalue weighted by atomic mass is 10.2. The minimum absolute atomic E-state index is 0.0240. The van der Waals surface area contributed by atoms with E-state index in [0.717, 1.165) is 17.9 Å². The van der Waals surface area contributed by atoms with E-state index >= 15 is 0 Å². The van der Waals surface area contributed by atoms with Crippen LogP contribution < -0.4 is 10.2 Å². The minimum atomic E-state index is -0.0976. The zero-order valence-electron chi connectivity index (χ0n) is 11.3. The van der Waals surface area contributed by atoms with Crippen LogP contribution in [0.15, 0.2) is 6.33 Å². The zero-order chi connectivity index (χ0) is 13.9. The molecule has 2 aromatic rings. The van der Waals surface area contributed by atoms with Gasteiger partial charge in [-0.25, -0.2) is 4.98 Å². The lowest BCUT2D eigenvalue weighted by Crippen LogP contribution is -2.48. The molecule has 1 aliphatic rings. The van der Waals surface area contributed by atoms with Gasteiger partial charge in [0.15, 0.2) is 11.5 Å². The van der Waals surface area contributed by atoms with Gasteiger partial charge in [-0.2, -0.15) is 9.97 Å². The van der Waals surface area contributed by atoms with Gasteiger partial charge in [0, 0.05) is 13.1 Å². The maximum atomic E-state index is 9.51. The van der Waals surface area contributed by atoms with E-state index in [9.17, 15) is 5.11 Å². The summed E-state index contributed by atoms with van der Waals surface area (Å²) in [4.78, 5) is 18.2. The van der Waals surface area contributed by atoms with Crippen molar-refractivity contribution in [3.8, 4) is 0 Å². The van der Waals surface area contributed by atoms with Gasteiger partial charge in [-0.1, -0.05) is 0 Å². The van der Waals surface area contributed by atoms with Gasteiger partial charge >= 0.3 is 0 Å². The summed E-state index contributed by atoms with van der Waals surface area (Å²) in [6, 6.07) is -0.0976. The van der Waals surface area contributed by atoms with Crippen molar-refractivity contribution in [2.24, 2.45) is 0 Å². The number of imidazole rings is 1. The van der Waals surface area contributed by atoms with Crippen LogP contribution in [-0.4, -0.2) is 64.0 Å². The van der Waals surface area contributed by atoms with E-state index in [4.69, 9.17) is 4.74 Å². The van der Waals surface area contributed by atoms with Crippen LogP contribution in [-0.2, 0) is 4.74 Å². The fourth-order valence-corrected chi connectivity index (χ4v) is 2.35. The Morgan fingerprint density at radius 1 is 1.55 bits per heavy atom. The quantitative estimate of drug-likeness (QED) is 0.723. The average molecular weight is 278 g/mol. The summed E-state index contributed by atoms with van der Waals surface area (Å²) in [5.41, 5.74) is 1.40. The molecule has 20 heavy (non-hydrogen) atoms. The Bertz CT molecular complexity index is 586. The molecule has 0 aromatic carbocycles. The molecule has 1 aliphatic heterocycles. The van der Waals surface area contributed by atoms with E-state index in [1.807, 2.05) is 11.8 Å². The largest absolute Gasteiger partial charge is 0.394 e. The number of fused-ring (bicyclic) bond motifs is 1. The number of rotatable bonds is 4. The van der Waals surface area contributed by atoms with Crippen LogP contribution >= 0.6 is 0 Å². The number of hydrogen-bond donors (Lipinski definition) is 3. The number of aliphatic hydroxyl groups excluding tert-OH is 1. The number of aliphatic hydroxyl groups is 1. The standard InChI is InChI=1S/C12H18N6O2/c1-2-13-12-16-10-9(14-7-15-10)11(17-12)18-3-4-20-6-8(18)5-19/h7-8,19H,2-6H2,1H3,(H2,13,14,15,16,17). The van der Waals surface area contributed by atoms with Crippen molar-refractivity contribution < 1.29 is 9.84 Å². The lowest BCUT2D eigenvalue weighted by molar-refractivity contribution is 0.0724. The second-order valence-corrected chi connectivity index (χ2v) is 4.61. The van der Waals surface area contributed by atoms with E-state index in [1.54, 1.807) is 6.33 Å². The zero-order valence-corrected chi connectivity index (χ0v) is 11.3. The van der Waals surface area contributed by atoms with E-state index in [1.165, 1.54) is 0 Å². The van der Waals surface area contributed by atoms with E-state index < -0.39 is 0 Å². The first-order chi connectivity index (χ1) is 9.83. The molecular weight excluding hydrogens is 260 g/mol. The van der Waals surface area contributed by atoms with Crippen molar-refractivity contribution in [3.05, 3.63) is 6.33 Å². The Hall–Kier alpha value is -1.93. The molecule has 0 aliphatic carbocycles. The average Bonchev–Trinajstić information content (AvgIpc) is 2.95. The second-order valence-electron chi connectivity index (χ2n) is 4.61. The number of aromatic amines is 1. The third-order valence-electron chi connectivity index (χ3n) is 3.31. The molecule has 8 heteroatoms. The molecule has 1 atom stereocenters. The van der Waals surface area contributed by atoms with Gasteiger partial charge in [-0.3, -0.25) is 0 Å². The summed E-state index contributed by atoms with van der Waals surface area (Å²) in [5.74, 6) is 1.30. The molecule has 0 amide bonds. The molecule has 2 aromatic heterocycles. The fraction of sp³-hybridized carbons (Fsp3) is 0.583. The first-order valence-corrected chi connectivity index (χ1v) is 6.73. The van der Waals surface area contributed by atoms with E-state index in [-0.39, 0.29) is 12.6 Å². The van der Waals surface area contributed by atoms with Gasteiger partial charge < -0.3 is 25.0 Å². The number of hydrogen-bond acceptors (Lipinski definition) is 7. The molecule has 1 saturated heterocycles. The van der Waals surface area contributed by atoms with E-state index in [0.29, 0.717) is 31.4 Å². The summed E-state index contributed by atoms with van der Waals surface area (Å²) < 4.78 is 5.41. The summed E-state index contributed by atoms with van der Waals surface area (Å²) in [6.45, 7) is 4.54. The topological polar surface area (TPSA) is 99.2 Å². The van der Waals surface area contributed by atoms with Crippen molar-refractivity contribution in [1.82, 2.24) is 19.9 Å². The fourth-order valence-electron chi connectivity index (χ4n) is 2.35. The lowest BCUT2D eigenvalue weighted by Gasteiger charge is -2.35. The molecule has 108 valence electrons. The first kappa shape index (κ1) is 13.1. The molecule has 3 rings (SSSR count). The normalized spacial score (nSPS) is 19.5. The van der Waals surface area contributed by atoms with Crippen molar-refractivity contribution >= 4 is 22.9 Å². The molecule has 8 nitrogen and oxygen atoms in total. The number of aromatic nitrogens is 4. The number of nitrogens with zero attached hydrogens (tertiary/aromatic N) is 4. The van der Waals surface area contributed by atoms with Gasteiger partial charge in [0.25, 0.3) is 0 Å². The molecule has 3 N–H and O–H groups in total. The van der Waals surface area contributed by atoms with Crippen LogP contribution in [0.2, 0.25) is 0 Å². The summed E-state index contributed by atoms with van der Waals surface area (Å²) >= 11 is 0. The molecule has 0 spiro atoms. The summed E-state index contributed by atoms with van der Waals surface area (Å²) in [7, 11) is 0. The van der Waals surface area contributed by atoms with Gasteiger partial charge in [0.05, 0.1) is 32.2 Å².